The molecule has 0 unspecified atom stereocenters. The summed E-state index contributed by atoms with van der Waals surface area (Å²) in [6, 6.07) is 12.1. The van der Waals surface area contributed by atoms with Crippen LogP contribution in [0.5, 0.6) is 5.75 Å². The summed E-state index contributed by atoms with van der Waals surface area (Å²) in [4.78, 5) is 14.8. The molecule has 0 atom stereocenters. The molecular weight excluding hydrogens is 353 g/mol. The Bertz CT molecular complexity index is 1000. The number of likely N-dealkylation sites (N-methyl/N-ethyl adjacent to an activating group) is 1. The molecule has 4 rings (SSSR count). The van der Waals surface area contributed by atoms with Crippen molar-refractivity contribution in [2.75, 3.05) is 20.1 Å². The second-order valence-corrected chi connectivity index (χ2v) is 7.75. The molecule has 0 spiro atoms. The van der Waals surface area contributed by atoms with Crippen molar-refractivity contribution in [1.29, 1.82) is 0 Å². The molecule has 0 N–H and O–H groups in total. The van der Waals surface area contributed by atoms with Crippen molar-refractivity contribution in [3.63, 3.8) is 0 Å². The highest BCUT2D eigenvalue weighted by Crippen LogP contribution is 2.47. The molecule has 3 nitrogen and oxygen atoms in total. The van der Waals surface area contributed by atoms with E-state index in [1.165, 1.54) is 57.7 Å². The van der Waals surface area contributed by atoms with E-state index in [0.717, 1.165) is 25.1 Å². The van der Waals surface area contributed by atoms with Crippen LogP contribution in [0.25, 0.3) is 11.1 Å². The third-order valence-corrected chi connectivity index (χ3v) is 5.49. The zero-order valence-corrected chi connectivity index (χ0v) is 16.5. The van der Waals surface area contributed by atoms with E-state index in [-0.39, 0.29) is 18.2 Å². The van der Waals surface area contributed by atoms with Gasteiger partial charge in [0, 0.05) is 13.1 Å². The summed E-state index contributed by atoms with van der Waals surface area (Å²) in [7, 11) is 2.13. The predicted octanol–water partition coefficient (Wildman–Crippen LogP) is 5.01. The van der Waals surface area contributed by atoms with E-state index in [2.05, 4.69) is 37.1 Å². The van der Waals surface area contributed by atoms with Crippen LogP contribution in [0.1, 0.15) is 36.5 Å². The van der Waals surface area contributed by atoms with E-state index in [1.807, 2.05) is 6.92 Å². The Morgan fingerprint density at radius 1 is 1.11 bits per heavy atom. The average Bonchev–Trinajstić information content (AvgIpc) is 2.96. The van der Waals surface area contributed by atoms with Gasteiger partial charge in [-0.15, -0.1) is 0 Å². The third kappa shape index (κ3) is 3.52. The Morgan fingerprint density at radius 3 is 2.61 bits per heavy atom. The van der Waals surface area contributed by atoms with Gasteiger partial charge in [-0.2, -0.15) is 0 Å². The molecule has 0 radical (unpaired) electrons. The van der Waals surface area contributed by atoms with Crippen LogP contribution in [0.2, 0.25) is 0 Å². The van der Waals surface area contributed by atoms with Crippen molar-refractivity contribution < 1.29 is 13.9 Å². The van der Waals surface area contributed by atoms with E-state index in [9.17, 15) is 9.18 Å². The first-order chi connectivity index (χ1) is 13.4. The second-order valence-electron chi connectivity index (χ2n) is 7.75. The molecule has 0 aromatic heterocycles. The van der Waals surface area contributed by atoms with Gasteiger partial charge in [0.1, 0.15) is 11.6 Å². The second kappa shape index (κ2) is 7.36. The molecular formula is C24H24FNO2. The maximum Gasteiger partial charge on any atom is 0.315 e. The third-order valence-electron chi connectivity index (χ3n) is 5.49. The molecule has 2 aliphatic rings. The smallest absolute Gasteiger partial charge is 0.315 e. The topological polar surface area (TPSA) is 29.5 Å². The molecule has 144 valence electrons. The first-order valence-electron chi connectivity index (χ1n) is 9.60. The van der Waals surface area contributed by atoms with E-state index >= 15 is 0 Å². The molecule has 0 saturated heterocycles. The Labute approximate surface area is 165 Å². The van der Waals surface area contributed by atoms with Gasteiger partial charge in [0.05, 0.1) is 6.42 Å². The highest BCUT2D eigenvalue weighted by molar-refractivity contribution is 6.02. The van der Waals surface area contributed by atoms with Crippen molar-refractivity contribution in [3.05, 3.63) is 76.1 Å². The Hall–Kier alpha value is -2.72. The number of aryl methyl sites for hydroxylation is 1. The monoisotopic (exact) mass is 377 g/mol. The molecule has 0 fully saturated rings. The number of benzene rings is 2. The predicted molar refractivity (Wildman–Crippen MR) is 109 cm³/mol. The maximum atomic E-state index is 13.0. The van der Waals surface area contributed by atoms with Crippen molar-refractivity contribution >= 4 is 17.1 Å². The highest BCUT2D eigenvalue weighted by Gasteiger charge is 2.31. The number of hydrogen-bond donors (Lipinski definition) is 0. The molecule has 28 heavy (non-hydrogen) atoms. The highest BCUT2D eigenvalue weighted by atomic mass is 19.1. The fourth-order valence-corrected chi connectivity index (χ4v) is 4.18. The van der Waals surface area contributed by atoms with E-state index in [1.54, 1.807) is 0 Å². The summed E-state index contributed by atoms with van der Waals surface area (Å²) < 4.78 is 18.4. The lowest BCUT2D eigenvalue weighted by molar-refractivity contribution is -0.133. The summed E-state index contributed by atoms with van der Waals surface area (Å²) in [6.07, 6.45) is 1.24. The molecule has 4 heteroatoms. The van der Waals surface area contributed by atoms with Gasteiger partial charge in [0.25, 0.3) is 0 Å². The van der Waals surface area contributed by atoms with Gasteiger partial charge in [-0.05, 0) is 79.4 Å². The van der Waals surface area contributed by atoms with Crippen molar-refractivity contribution in [2.24, 2.45) is 0 Å². The number of hydrogen-bond acceptors (Lipinski definition) is 3. The molecule has 0 saturated carbocycles. The molecule has 0 bridgehead atoms. The van der Waals surface area contributed by atoms with Crippen LogP contribution in [-0.2, 0) is 4.79 Å². The molecule has 1 heterocycles. The Kier molecular flexibility index (Phi) is 4.90. The van der Waals surface area contributed by atoms with Crippen LogP contribution in [0.3, 0.4) is 0 Å². The summed E-state index contributed by atoms with van der Waals surface area (Å²) in [5, 5.41) is 0. The van der Waals surface area contributed by atoms with E-state index in [0.29, 0.717) is 5.75 Å². The largest absolute Gasteiger partial charge is 0.426 e. The van der Waals surface area contributed by atoms with Crippen LogP contribution in [0, 0.1) is 12.7 Å². The number of ether oxygens (including phenoxy) is 1. The fourth-order valence-electron chi connectivity index (χ4n) is 4.18. The normalized spacial score (nSPS) is 18.0. The van der Waals surface area contributed by atoms with Gasteiger partial charge in [0.15, 0.2) is 0 Å². The Morgan fingerprint density at radius 2 is 1.86 bits per heavy atom. The lowest BCUT2D eigenvalue weighted by Gasteiger charge is -2.25. The molecule has 1 aliphatic carbocycles. The van der Waals surface area contributed by atoms with Crippen LogP contribution in [0.4, 0.5) is 4.39 Å². The maximum absolute atomic E-state index is 13.0. The number of nitrogens with zero attached hydrogens (tertiary/aromatic N) is 1. The minimum Gasteiger partial charge on any atom is -0.426 e. The average molecular weight is 377 g/mol. The SMILES string of the molecule is C/C(CC(=O)Oc1ccc(F)cc1)=C1\C2=C(CCN(C)C2)c2cc(C)ccc21. The lowest BCUT2D eigenvalue weighted by Crippen LogP contribution is -2.26. The number of fused-ring (bicyclic) bond motifs is 2. The number of carbonyl (C=O) groups excluding carboxylic acids is 1. The van der Waals surface area contributed by atoms with Crippen LogP contribution < -0.4 is 4.74 Å². The van der Waals surface area contributed by atoms with Crippen molar-refractivity contribution in [2.45, 2.75) is 26.7 Å². The number of rotatable bonds is 3. The number of halogens is 1. The van der Waals surface area contributed by atoms with Gasteiger partial charge in [-0.25, -0.2) is 4.39 Å². The van der Waals surface area contributed by atoms with E-state index < -0.39 is 0 Å². The van der Waals surface area contributed by atoms with Gasteiger partial charge < -0.3 is 9.64 Å². The molecule has 2 aromatic carbocycles. The zero-order valence-electron chi connectivity index (χ0n) is 16.5. The standard InChI is InChI=1S/C24H24FNO2/c1-15-4-9-20-21(12-15)19-10-11-26(3)14-22(19)24(20)16(2)13-23(27)28-18-7-5-17(25)6-8-18/h4-9,12H,10-11,13-14H2,1-3H3/b24-16+. The van der Waals surface area contributed by atoms with Crippen molar-refractivity contribution in [1.82, 2.24) is 4.90 Å². The first kappa shape index (κ1) is 18.6. The summed E-state index contributed by atoms with van der Waals surface area (Å²) in [5.74, 6) is -0.315. The number of carbonyl (C=O) groups is 1. The van der Waals surface area contributed by atoms with Gasteiger partial charge in [0.2, 0.25) is 0 Å². The fraction of sp³-hybridized carbons (Fsp3) is 0.292. The minimum atomic E-state index is -0.350. The molecule has 0 amide bonds. The molecule has 1 aliphatic heterocycles. The van der Waals surface area contributed by atoms with Crippen LogP contribution >= 0.6 is 0 Å². The minimum absolute atomic E-state index is 0.209. The quantitative estimate of drug-likeness (QED) is 0.556. The summed E-state index contributed by atoms with van der Waals surface area (Å²) in [5.41, 5.74) is 8.73. The first-order valence-corrected chi connectivity index (χ1v) is 9.60. The summed E-state index contributed by atoms with van der Waals surface area (Å²) in [6.45, 7) is 6.06. The van der Waals surface area contributed by atoms with E-state index in [4.69, 9.17) is 4.74 Å². The van der Waals surface area contributed by atoms with Crippen LogP contribution in [0.15, 0.2) is 53.6 Å². The molecule has 2 aromatic rings. The van der Waals surface area contributed by atoms with Gasteiger partial charge in [-0.1, -0.05) is 29.3 Å². The zero-order chi connectivity index (χ0) is 19.8. The number of esters is 1. The Balaban J connectivity index is 1.65. The van der Waals surface area contributed by atoms with Gasteiger partial charge in [-0.3, -0.25) is 4.79 Å². The van der Waals surface area contributed by atoms with Crippen LogP contribution in [-0.4, -0.2) is 31.0 Å². The lowest BCUT2D eigenvalue weighted by atomic mass is 9.94. The summed E-state index contributed by atoms with van der Waals surface area (Å²) >= 11 is 0. The van der Waals surface area contributed by atoms with Gasteiger partial charge >= 0.3 is 5.97 Å². The van der Waals surface area contributed by atoms with Crippen molar-refractivity contribution in [3.8, 4) is 5.75 Å².